The Morgan fingerprint density at radius 3 is 2.05 bits per heavy atom. The molecule has 1 aromatic carbocycles. The van der Waals surface area contributed by atoms with E-state index in [2.05, 4.69) is 52.1 Å². The lowest BCUT2D eigenvalue weighted by Gasteiger charge is -2.30. The molecule has 0 heterocycles. The molecule has 0 aliphatic rings. The summed E-state index contributed by atoms with van der Waals surface area (Å²) in [5.41, 5.74) is 2.53. The number of hydrogen-bond donors (Lipinski definition) is 1. The minimum Gasteiger partial charge on any atom is -0.493 e. The molecule has 0 spiro atoms. The van der Waals surface area contributed by atoms with Crippen LogP contribution in [0, 0.1) is 18.8 Å². The lowest BCUT2D eigenvalue weighted by molar-refractivity contribution is 0.304. The highest BCUT2D eigenvalue weighted by Crippen LogP contribution is 2.36. The van der Waals surface area contributed by atoms with E-state index in [-0.39, 0.29) is 0 Å². The van der Waals surface area contributed by atoms with Gasteiger partial charge in [-0.15, -0.1) is 0 Å². The molecule has 0 fully saturated rings. The van der Waals surface area contributed by atoms with E-state index in [0.717, 1.165) is 18.0 Å². The second-order valence-electron chi connectivity index (χ2n) is 5.70. The highest BCUT2D eigenvalue weighted by atomic mass is 16.5. The standard InChI is InChI=1S/C17H29NO2/c1-8-18-17(13(5)11(2)3)14-10-16(20-7)15(19-6)9-12(14)4/h9-11,13,17-18H,8H2,1-7H3. The maximum atomic E-state index is 5.45. The average Bonchev–Trinajstić information content (AvgIpc) is 2.43. The number of aryl methyl sites for hydroxylation is 1. The number of nitrogens with one attached hydrogen (secondary N) is 1. The molecule has 0 aliphatic carbocycles. The number of benzene rings is 1. The van der Waals surface area contributed by atoms with E-state index in [9.17, 15) is 0 Å². The Labute approximate surface area is 123 Å². The Morgan fingerprint density at radius 2 is 1.60 bits per heavy atom. The molecular formula is C17H29NO2. The fourth-order valence-corrected chi connectivity index (χ4v) is 2.52. The van der Waals surface area contributed by atoms with E-state index in [1.165, 1.54) is 11.1 Å². The van der Waals surface area contributed by atoms with Gasteiger partial charge in [-0.3, -0.25) is 0 Å². The van der Waals surface area contributed by atoms with Crippen LogP contribution in [0.15, 0.2) is 12.1 Å². The van der Waals surface area contributed by atoms with Crippen LogP contribution in [-0.2, 0) is 0 Å². The summed E-state index contributed by atoms with van der Waals surface area (Å²) in [5, 5.41) is 3.61. The second kappa shape index (κ2) is 7.53. The first-order chi connectivity index (χ1) is 9.46. The van der Waals surface area contributed by atoms with Gasteiger partial charge in [-0.25, -0.2) is 0 Å². The van der Waals surface area contributed by atoms with Gasteiger partial charge >= 0.3 is 0 Å². The van der Waals surface area contributed by atoms with Crippen molar-refractivity contribution in [1.29, 1.82) is 0 Å². The van der Waals surface area contributed by atoms with Crippen molar-refractivity contribution in [3.8, 4) is 11.5 Å². The van der Waals surface area contributed by atoms with Gasteiger partial charge in [0.25, 0.3) is 0 Å². The Bertz CT molecular complexity index is 429. The normalized spacial score (nSPS) is 14.2. The molecule has 3 heteroatoms. The van der Waals surface area contributed by atoms with E-state index < -0.39 is 0 Å². The molecule has 20 heavy (non-hydrogen) atoms. The van der Waals surface area contributed by atoms with Crippen LogP contribution in [0.25, 0.3) is 0 Å². The summed E-state index contributed by atoms with van der Waals surface area (Å²) in [5.74, 6) is 2.76. The molecule has 1 aromatic rings. The smallest absolute Gasteiger partial charge is 0.161 e. The van der Waals surface area contributed by atoms with Crippen molar-refractivity contribution in [2.45, 2.75) is 40.7 Å². The van der Waals surface area contributed by atoms with Gasteiger partial charge in [0.15, 0.2) is 11.5 Å². The fourth-order valence-electron chi connectivity index (χ4n) is 2.52. The minimum atomic E-state index is 0.333. The van der Waals surface area contributed by atoms with Gasteiger partial charge in [0.05, 0.1) is 14.2 Å². The number of hydrogen-bond acceptors (Lipinski definition) is 3. The van der Waals surface area contributed by atoms with Gasteiger partial charge in [0.2, 0.25) is 0 Å². The van der Waals surface area contributed by atoms with E-state index in [4.69, 9.17) is 9.47 Å². The molecule has 0 amide bonds. The molecule has 2 atom stereocenters. The first-order valence-electron chi connectivity index (χ1n) is 7.42. The molecule has 0 bridgehead atoms. The number of ether oxygens (including phenoxy) is 2. The van der Waals surface area contributed by atoms with Crippen molar-refractivity contribution < 1.29 is 9.47 Å². The lowest BCUT2D eigenvalue weighted by atomic mass is 9.84. The third kappa shape index (κ3) is 3.66. The highest BCUT2D eigenvalue weighted by Gasteiger charge is 2.24. The zero-order valence-electron chi connectivity index (χ0n) is 13.9. The third-order valence-electron chi connectivity index (χ3n) is 4.11. The lowest BCUT2D eigenvalue weighted by Crippen LogP contribution is -2.30. The zero-order valence-corrected chi connectivity index (χ0v) is 13.9. The Kier molecular flexibility index (Phi) is 6.34. The molecule has 2 unspecified atom stereocenters. The quantitative estimate of drug-likeness (QED) is 0.819. The molecule has 0 aromatic heterocycles. The Hall–Kier alpha value is -1.22. The largest absolute Gasteiger partial charge is 0.493 e. The van der Waals surface area contributed by atoms with Gasteiger partial charge < -0.3 is 14.8 Å². The summed E-state index contributed by atoms with van der Waals surface area (Å²) >= 11 is 0. The molecule has 1 rings (SSSR count). The van der Waals surface area contributed by atoms with Gasteiger partial charge in [0.1, 0.15) is 0 Å². The molecule has 114 valence electrons. The molecular weight excluding hydrogens is 250 g/mol. The maximum absolute atomic E-state index is 5.45. The molecule has 0 radical (unpaired) electrons. The predicted molar refractivity (Wildman–Crippen MR) is 84.7 cm³/mol. The topological polar surface area (TPSA) is 30.5 Å². The van der Waals surface area contributed by atoms with Crippen LogP contribution < -0.4 is 14.8 Å². The molecule has 0 aliphatic heterocycles. The van der Waals surface area contributed by atoms with Crippen molar-refractivity contribution in [2.75, 3.05) is 20.8 Å². The van der Waals surface area contributed by atoms with Gasteiger partial charge in [-0.2, -0.15) is 0 Å². The van der Waals surface area contributed by atoms with Crippen LogP contribution in [0.4, 0.5) is 0 Å². The van der Waals surface area contributed by atoms with E-state index in [1.807, 2.05) is 0 Å². The van der Waals surface area contributed by atoms with Crippen LogP contribution in [0.1, 0.15) is 44.9 Å². The van der Waals surface area contributed by atoms with E-state index >= 15 is 0 Å². The summed E-state index contributed by atoms with van der Waals surface area (Å²) in [4.78, 5) is 0. The zero-order chi connectivity index (χ0) is 15.3. The van der Waals surface area contributed by atoms with E-state index in [1.54, 1.807) is 14.2 Å². The van der Waals surface area contributed by atoms with Crippen molar-refractivity contribution >= 4 is 0 Å². The van der Waals surface area contributed by atoms with Crippen molar-refractivity contribution in [1.82, 2.24) is 5.32 Å². The van der Waals surface area contributed by atoms with Crippen LogP contribution in [0.3, 0.4) is 0 Å². The van der Waals surface area contributed by atoms with Crippen LogP contribution in [-0.4, -0.2) is 20.8 Å². The second-order valence-corrected chi connectivity index (χ2v) is 5.70. The highest BCUT2D eigenvalue weighted by molar-refractivity contribution is 5.48. The monoisotopic (exact) mass is 279 g/mol. The summed E-state index contributed by atoms with van der Waals surface area (Å²) in [6.07, 6.45) is 0. The molecule has 3 nitrogen and oxygen atoms in total. The van der Waals surface area contributed by atoms with Gasteiger partial charge in [-0.1, -0.05) is 27.7 Å². The summed E-state index contributed by atoms with van der Waals surface area (Å²) < 4.78 is 10.8. The maximum Gasteiger partial charge on any atom is 0.161 e. The Morgan fingerprint density at radius 1 is 1.05 bits per heavy atom. The van der Waals surface area contributed by atoms with Crippen molar-refractivity contribution in [3.63, 3.8) is 0 Å². The van der Waals surface area contributed by atoms with E-state index in [0.29, 0.717) is 17.9 Å². The van der Waals surface area contributed by atoms with Crippen LogP contribution >= 0.6 is 0 Å². The van der Waals surface area contributed by atoms with Crippen molar-refractivity contribution in [2.24, 2.45) is 11.8 Å². The first-order valence-corrected chi connectivity index (χ1v) is 7.42. The Balaban J connectivity index is 3.25. The molecule has 0 saturated carbocycles. The van der Waals surface area contributed by atoms with Crippen molar-refractivity contribution in [3.05, 3.63) is 23.3 Å². The fraction of sp³-hybridized carbons (Fsp3) is 0.647. The first kappa shape index (κ1) is 16.8. The summed E-state index contributed by atoms with van der Waals surface area (Å²) in [7, 11) is 3.36. The predicted octanol–water partition coefficient (Wildman–Crippen LogP) is 3.95. The summed E-state index contributed by atoms with van der Waals surface area (Å²) in [6.45, 7) is 12.1. The van der Waals surface area contributed by atoms with Gasteiger partial charge in [0, 0.05) is 6.04 Å². The van der Waals surface area contributed by atoms with Crippen LogP contribution in [0.2, 0.25) is 0 Å². The van der Waals surface area contributed by atoms with Gasteiger partial charge in [-0.05, 0) is 48.6 Å². The minimum absolute atomic E-state index is 0.333. The SMILES string of the molecule is CCNC(c1cc(OC)c(OC)cc1C)C(C)C(C)C. The number of methoxy groups -OCH3 is 2. The number of rotatable bonds is 7. The molecule has 1 N–H and O–H groups in total. The molecule has 0 saturated heterocycles. The third-order valence-corrected chi connectivity index (χ3v) is 4.11. The average molecular weight is 279 g/mol. The van der Waals surface area contributed by atoms with Crippen LogP contribution in [0.5, 0.6) is 11.5 Å². The summed E-state index contributed by atoms with van der Waals surface area (Å²) in [6, 6.07) is 4.51.